The molecule has 0 atom stereocenters. The number of hydrogen-bond acceptors (Lipinski definition) is 3. The van der Waals surface area contributed by atoms with Crippen molar-refractivity contribution in [1.29, 1.82) is 0 Å². The van der Waals surface area contributed by atoms with E-state index < -0.39 is 17.9 Å². The first-order valence-corrected chi connectivity index (χ1v) is 8.64. The lowest BCUT2D eigenvalue weighted by atomic mass is 9.93. The van der Waals surface area contributed by atoms with E-state index in [2.05, 4.69) is 9.64 Å². The van der Waals surface area contributed by atoms with Crippen LogP contribution in [0.3, 0.4) is 0 Å². The summed E-state index contributed by atoms with van der Waals surface area (Å²) in [7, 11) is 0. The van der Waals surface area contributed by atoms with E-state index in [-0.39, 0.29) is 11.4 Å². The lowest BCUT2D eigenvalue weighted by Gasteiger charge is -2.35. The average molecular weight is 383 g/mol. The van der Waals surface area contributed by atoms with Gasteiger partial charge in [0.25, 0.3) is 0 Å². The van der Waals surface area contributed by atoms with Gasteiger partial charge in [-0.15, -0.1) is 13.2 Å². The van der Waals surface area contributed by atoms with Gasteiger partial charge >= 0.3 is 6.36 Å². The first-order chi connectivity index (χ1) is 12.5. The van der Waals surface area contributed by atoms with Crippen LogP contribution in [0, 0.1) is 5.82 Å². The van der Waals surface area contributed by atoms with E-state index in [0.717, 1.165) is 5.56 Å². The minimum atomic E-state index is -4.86. The number of hydrogen-bond donors (Lipinski definition) is 1. The summed E-state index contributed by atoms with van der Waals surface area (Å²) in [6.45, 7) is 5.21. The quantitative estimate of drug-likeness (QED) is 0.724. The Morgan fingerprint density at radius 1 is 1.11 bits per heavy atom. The molecule has 1 N–H and O–H groups in total. The number of fused-ring (bicyclic) bond motifs is 1. The summed E-state index contributed by atoms with van der Waals surface area (Å²) in [6.07, 6.45) is -3.71. The van der Waals surface area contributed by atoms with Crippen molar-refractivity contribution in [3.63, 3.8) is 0 Å². The highest BCUT2D eigenvalue weighted by Crippen LogP contribution is 2.35. The van der Waals surface area contributed by atoms with Gasteiger partial charge in [0.1, 0.15) is 5.82 Å². The lowest BCUT2D eigenvalue weighted by Crippen LogP contribution is -2.40. The summed E-state index contributed by atoms with van der Waals surface area (Å²) in [5, 5.41) is 9.56. The van der Waals surface area contributed by atoms with Crippen molar-refractivity contribution in [2.24, 2.45) is 0 Å². The Morgan fingerprint density at radius 2 is 1.85 bits per heavy atom. The van der Waals surface area contributed by atoms with Crippen molar-refractivity contribution in [3.8, 4) is 11.5 Å². The minimum absolute atomic E-state index is 0.210. The average Bonchev–Trinajstić information content (AvgIpc) is 3.01. The number of rotatable bonds is 5. The number of aromatic hydroxyl groups is 1. The molecule has 1 heterocycles. The molecule has 0 fully saturated rings. The van der Waals surface area contributed by atoms with Crippen LogP contribution in [0.15, 0.2) is 36.4 Å². The monoisotopic (exact) mass is 383 g/mol. The van der Waals surface area contributed by atoms with E-state index in [4.69, 9.17) is 0 Å². The molecule has 0 unspecified atom stereocenters. The summed E-state index contributed by atoms with van der Waals surface area (Å²) in [5.41, 5.74) is 2.02. The summed E-state index contributed by atoms with van der Waals surface area (Å²) in [6, 6.07) is 9.04. The number of benzene rings is 2. The first kappa shape index (κ1) is 19.5. The summed E-state index contributed by atoms with van der Waals surface area (Å²) >= 11 is 0. The van der Waals surface area contributed by atoms with Gasteiger partial charge in [0.2, 0.25) is 0 Å². The fourth-order valence-corrected chi connectivity index (χ4v) is 3.34. The predicted octanol–water partition coefficient (Wildman–Crippen LogP) is 5.16. The number of ether oxygens (including phenoxy) is 1. The Kier molecular flexibility index (Phi) is 5.08. The number of aryl methyl sites for hydroxylation is 1. The van der Waals surface area contributed by atoms with Gasteiger partial charge in [0, 0.05) is 24.2 Å². The Balaban J connectivity index is 1.68. The standard InChI is InChI=1S/C20H21F4NO2/c1-19(2,25-11-14-4-3-5-16(21)15(14)12-25)9-8-13-6-7-17(26)18(10-13)27-20(22,23)24/h3-7,10,26H,8-9,11-12H2,1-2H3. The van der Waals surface area contributed by atoms with Crippen molar-refractivity contribution in [2.75, 3.05) is 0 Å². The van der Waals surface area contributed by atoms with Crippen molar-refractivity contribution in [3.05, 3.63) is 58.9 Å². The second kappa shape index (κ2) is 7.03. The summed E-state index contributed by atoms with van der Waals surface area (Å²) < 4.78 is 55.1. The Morgan fingerprint density at radius 3 is 2.52 bits per heavy atom. The number of phenols is 1. The van der Waals surface area contributed by atoms with E-state index in [1.54, 1.807) is 12.1 Å². The number of halogens is 4. The highest BCUT2D eigenvalue weighted by Gasteiger charge is 2.34. The topological polar surface area (TPSA) is 32.7 Å². The number of alkyl halides is 3. The molecule has 146 valence electrons. The largest absolute Gasteiger partial charge is 0.573 e. The zero-order valence-corrected chi connectivity index (χ0v) is 15.1. The summed E-state index contributed by atoms with van der Waals surface area (Å²) in [5.74, 6) is -1.37. The third-order valence-electron chi connectivity index (χ3n) is 5.06. The molecule has 0 saturated heterocycles. The van der Waals surface area contributed by atoms with Crippen molar-refractivity contribution >= 4 is 0 Å². The van der Waals surface area contributed by atoms with Crippen LogP contribution in [0.2, 0.25) is 0 Å². The highest BCUT2D eigenvalue weighted by molar-refractivity contribution is 5.42. The van der Waals surface area contributed by atoms with E-state index in [9.17, 15) is 22.7 Å². The third-order valence-corrected chi connectivity index (χ3v) is 5.06. The van der Waals surface area contributed by atoms with Crippen molar-refractivity contribution < 1.29 is 27.4 Å². The van der Waals surface area contributed by atoms with E-state index in [0.29, 0.717) is 37.1 Å². The van der Waals surface area contributed by atoms with Crippen LogP contribution in [-0.4, -0.2) is 21.9 Å². The number of nitrogens with zero attached hydrogens (tertiary/aromatic N) is 1. The molecule has 1 aliphatic rings. The Labute approximate surface area is 155 Å². The molecule has 0 radical (unpaired) electrons. The van der Waals surface area contributed by atoms with Gasteiger partial charge in [-0.3, -0.25) is 4.90 Å². The molecule has 0 aliphatic carbocycles. The fourth-order valence-electron chi connectivity index (χ4n) is 3.34. The zero-order valence-electron chi connectivity index (χ0n) is 15.1. The molecule has 2 aromatic rings. The predicted molar refractivity (Wildman–Crippen MR) is 92.8 cm³/mol. The second-order valence-corrected chi connectivity index (χ2v) is 7.40. The fraction of sp³-hybridized carbons (Fsp3) is 0.400. The molecule has 0 saturated carbocycles. The molecular weight excluding hydrogens is 362 g/mol. The van der Waals surface area contributed by atoms with Crippen molar-refractivity contribution in [1.82, 2.24) is 4.90 Å². The SMILES string of the molecule is CC(C)(CCc1ccc(O)c(OC(F)(F)F)c1)N1Cc2cccc(F)c2C1. The molecule has 0 spiro atoms. The van der Waals surface area contributed by atoms with Gasteiger partial charge in [0.15, 0.2) is 11.5 Å². The van der Waals surface area contributed by atoms with Crippen LogP contribution in [0.4, 0.5) is 17.6 Å². The smallest absolute Gasteiger partial charge is 0.504 e. The van der Waals surface area contributed by atoms with E-state index in [1.807, 2.05) is 19.9 Å². The van der Waals surface area contributed by atoms with Gasteiger partial charge in [-0.2, -0.15) is 0 Å². The number of phenolic OH excluding ortho intramolecular Hbond substituents is 1. The molecule has 3 nitrogen and oxygen atoms in total. The summed E-state index contributed by atoms with van der Waals surface area (Å²) in [4.78, 5) is 2.16. The zero-order chi connectivity index (χ0) is 19.8. The molecule has 2 aromatic carbocycles. The highest BCUT2D eigenvalue weighted by atomic mass is 19.4. The van der Waals surface area contributed by atoms with Gasteiger partial charge in [-0.1, -0.05) is 18.2 Å². The van der Waals surface area contributed by atoms with Crippen LogP contribution < -0.4 is 4.74 Å². The Bertz CT molecular complexity index is 833. The van der Waals surface area contributed by atoms with Crippen LogP contribution in [0.25, 0.3) is 0 Å². The van der Waals surface area contributed by atoms with E-state index in [1.165, 1.54) is 18.2 Å². The van der Waals surface area contributed by atoms with Crippen LogP contribution in [0.1, 0.15) is 37.0 Å². The van der Waals surface area contributed by atoms with E-state index >= 15 is 0 Å². The maximum absolute atomic E-state index is 14.0. The molecule has 27 heavy (non-hydrogen) atoms. The third kappa shape index (κ3) is 4.53. The van der Waals surface area contributed by atoms with Gasteiger partial charge in [-0.05, 0) is 56.0 Å². The second-order valence-electron chi connectivity index (χ2n) is 7.40. The minimum Gasteiger partial charge on any atom is -0.504 e. The molecule has 0 bridgehead atoms. The molecule has 3 rings (SSSR count). The van der Waals surface area contributed by atoms with Gasteiger partial charge in [-0.25, -0.2) is 4.39 Å². The van der Waals surface area contributed by atoms with Crippen LogP contribution >= 0.6 is 0 Å². The normalized spacial score (nSPS) is 15.0. The Hall–Kier alpha value is -2.28. The van der Waals surface area contributed by atoms with Gasteiger partial charge in [0.05, 0.1) is 0 Å². The van der Waals surface area contributed by atoms with Crippen LogP contribution in [-0.2, 0) is 19.5 Å². The molecule has 1 aliphatic heterocycles. The first-order valence-electron chi connectivity index (χ1n) is 8.64. The lowest BCUT2D eigenvalue weighted by molar-refractivity contribution is -0.275. The van der Waals surface area contributed by atoms with Gasteiger partial charge < -0.3 is 9.84 Å². The van der Waals surface area contributed by atoms with Crippen LogP contribution in [0.5, 0.6) is 11.5 Å². The maximum atomic E-state index is 14.0. The van der Waals surface area contributed by atoms with Crippen molar-refractivity contribution in [2.45, 2.75) is 51.7 Å². The maximum Gasteiger partial charge on any atom is 0.573 e. The molecular formula is C20H21F4NO2. The molecule has 0 aromatic heterocycles. The molecule has 7 heteroatoms. The molecule has 0 amide bonds.